The minimum absolute atomic E-state index is 0.113. The summed E-state index contributed by atoms with van der Waals surface area (Å²) in [6, 6.07) is 16.8. The number of fused-ring (bicyclic) bond motifs is 1. The predicted molar refractivity (Wildman–Crippen MR) is 107 cm³/mol. The van der Waals surface area contributed by atoms with Crippen molar-refractivity contribution in [2.75, 3.05) is 11.1 Å². The molecule has 28 heavy (non-hydrogen) atoms. The molecule has 140 valence electrons. The zero-order valence-electron chi connectivity index (χ0n) is 15.0. The Morgan fingerprint density at radius 1 is 1.11 bits per heavy atom. The Labute approximate surface area is 164 Å². The van der Waals surface area contributed by atoms with Crippen molar-refractivity contribution >= 4 is 40.1 Å². The van der Waals surface area contributed by atoms with Gasteiger partial charge < -0.3 is 9.73 Å². The number of hydrogen-bond acceptors (Lipinski definition) is 6. The van der Waals surface area contributed by atoms with E-state index in [1.165, 1.54) is 18.7 Å². The lowest BCUT2D eigenvalue weighted by molar-refractivity contribution is -0.113. The number of nitrogens with one attached hydrogen (secondary N) is 1. The molecule has 4 aromatic rings. The van der Waals surface area contributed by atoms with E-state index in [1.54, 1.807) is 18.5 Å². The molecule has 7 nitrogen and oxygen atoms in total. The van der Waals surface area contributed by atoms with Gasteiger partial charge in [0, 0.05) is 18.0 Å². The molecule has 0 unspecified atom stereocenters. The number of carbonyl (C=O) groups excluding carboxylic acids is 2. The SMILES string of the molecule is CC(=O)c1oc2ccccc2c1NC(=O)CSc1nncn1-c1ccccc1. The van der Waals surface area contributed by atoms with Gasteiger partial charge >= 0.3 is 0 Å². The molecule has 0 bridgehead atoms. The lowest BCUT2D eigenvalue weighted by Crippen LogP contribution is -2.16. The Hall–Kier alpha value is -3.39. The average Bonchev–Trinajstić information content (AvgIpc) is 3.32. The number of para-hydroxylation sites is 2. The van der Waals surface area contributed by atoms with Gasteiger partial charge in [-0.1, -0.05) is 42.1 Å². The second-order valence-electron chi connectivity index (χ2n) is 6.01. The summed E-state index contributed by atoms with van der Waals surface area (Å²) in [7, 11) is 0. The quantitative estimate of drug-likeness (QED) is 0.395. The highest BCUT2D eigenvalue weighted by molar-refractivity contribution is 7.99. The van der Waals surface area contributed by atoms with Gasteiger partial charge in [-0.05, 0) is 24.3 Å². The highest BCUT2D eigenvalue weighted by Gasteiger charge is 2.20. The van der Waals surface area contributed by atoms with Crippen LogP contribution in [0.15, 0.2) is 70.5 Å². The van der Waals surface area contributed by atoms with Crippen molar-refractivity contribution in [1.29, 1.82) is 0 Å². The monoisotopic (exact) mass is 392 g/mol. The number of ketones is 1. The van der Waals surface area contributed by atoms with Crippen LogP contribution in [0.4, 0.5) is 5.69 Å². The molecular weight excluding hydrogens is 376 g/mol. The number of nitrogens with zero attached hydrogens (tertiary/aromatic N) is 3. The Bertz CT molecular complexity index is 1150. The maximum Gasteiger partial charge on any atom is 0.234 e. The molecule has 2 aromatic heterocycles. The maximum atomic E-state index is 12.5. The van der Waals surface area contributed by atoms with Crippen LogP contribution in [0.1, 0.15) is 17.5 Å². The van der Waals surface area contributed by atoms with Crippen LogP contribution in [-0.4, -0.2) is 32.2 Å². The first kappa shape index (κ1) is 18.0. The molecule has 0 aliphatic rings. The topological polar surface area (TPSA) is 90.0 Å². The molecule has 0 saturated heterocycles. The molecule has 2 aromatic carbocycles. The molecule has 2 heterocycles. The fraction of sp³-hybridized carbons (Fsp3) is 0.100. The van der Waals surface area contributed by atoms with Crippen LogP contribution in [0.3, 0.4) is 0 Å². The van der Waals surface area contributed by atoms with Crippen LogP contribution in [0.2, 0.25) is 0 Å². The first-order valence-corrected chi connectivity index (χ1v) is 9.52. The number of rotatable bonds is 6. The van der Waals surface area contributed by atoms with Crippen molar-refractivity contribution < 1.29 is 14.0 Å². The smallest absolute Gasteiger partial charge is 0.234 e. The molecule has 1 amide bonds. The zero-order valence-corrected chi connectivity index (χ0v) is 15.8. The average molecular weight is 392 g/mol. The second-order valence-corrected chi connectivity index (χ2v) is 6.96. The highest BCUT2D eigenvalue weighted by atomic mass is 32.2. The van der Waals surface area contributed by atoms with Crippen LogP contribution in [0.5, 0.6) is 0 Å². The Morgan fingerprint density at radius 3 is 2.64 bits per heavy atom. The molecule has 0 aliphatic heterocycles. The fourth-order valence-corrected chi connectivity index (χ4v) is 3.54. The predicted octanol–water partition coefficient (Wildman–Crippen LogP) is 3.95. The van der Waals surface area contributed by atoms with Crippen molar-refractivity contribution in [2.45, 2.75) is 12.1 Å². The number of furan rings is 1. The molecule has 0 aliphatic carbocycles. The molecular formula is C20H16N4O3S. The molecule has 0 atom stereocenters. The number of anilines is 1. The van der Waals surface area contributed by atoms with Gasteiger partial charge in [0.2, 0.25) is 5.91 Å². The number of Topliss-reactive ketones (excluding diaryl/α,β-unsaturated/α-hetero) is 1. The summed E-state index contributed by atoms with van der Waals surface area (Å²) in [6.07, 6.45) is 1.60. The summed E-state index contributed by atoms with van der Waals surface area (Å²) in [6.45, 7) is 1.41. The van der Waals surface area contributed by atoms with Gasteiger partial charge in [-0.25, -0.2) is 0 Å². The third-order valence-corrected chi connectivity index (χ3v) is 5.01. The van der Waals surface area contributed by atoms with Gasteiger partial charge in [0.15, 0.2) is 16.7 Å². The van der Waals surface area contributed by atoms with Crippen molar-refractivity contribution in [3.05, 3.63) is 66.7 Å². The largest absolute Gasteiger partial charge is 0.451 e. The van der Waals surface area contributed by atoms with E-state index in [9.17, 15) is 9.59 Å². The number of carbonyl (C=O) groups is 2. The fourth-order valence-electron chi connectivity index (χ4n) is 2.81. The van der Waals surface area contributed by atoms with Crippen LogP contribution in [0, 0.1) is 0 Å². The molecule has 0 radical (unpaired) electrons. The lowest BCUT2D eigenvalue weighted by atomic mass is 10.2. The van der Waals surface area contributed by atoms with E-state index in [2.05, 4.69) is 15.5 Å². The maximum absolute atomic E-state index is 12.5. The minimum atomic E-state index is -0.262. The van der Waals surface area contributed by atoms with E-state index in [1.807, 2.05) is 47.0 Å². The Balaban J connectivity index is 1.51. The van der Waals surface area contributed by atoms with Gasteiger partial charge in [-0.2, -0.15) is 0 Å². The highest BCUT2D eigenvalue weighted by Crippen LogP contribution is 2.31. The summed E-state index contributed by atoms with van der Waals surface area (Å²) in [4.78, 5) is 24.4. The van der Waals surface area contributed by atoms with Gasteiger partial charge in [0.05, 0.1) is 11.4 Å². The number of thioether (sulfide) groups is 1. The first-order chi connectivity index (χ1) is 13.6. The number of aromatic nitrogens is 3. The van der Waals surface area contributed by atoms with Crippen molar-refractivity contribution in [3.63, 3.8) is 0 Å². The van der Waals surface area contributed by atoms with E-state index in [0.717, 1.165) is 5.69 Å². The molecule has 0 spiro atoms. The summed E-state index contributed by atoms with van der Waals surface area (Å²) < 4.78 is 7.40. The van der Waals surface area contributed by atoms with Gasteiger partial charge in [-0.3, -0.25) is 14.2 Å². The van der Waals surface area contributed by atoms with Gasteiger partial charge in [-0.15, -0.1) is 10.2 Å². The van der Waals surface area contributed by atoms with E-state index < -0.39 is 0 Å². The number of hydrogen-bond donors (Lipinski definition) is 1. The van der Waals surface area contributed by atoms with Crippen molar-refractivity contribution in [1.82, 2.24) is 14.8 Å². The van der Waals surface area contributed by atoms with E-state index in [-0.39, 0.29) is 23.2 Å². The summed E-state index contributed by atoms with van der Waals surface area (Å²) in [5, 5.41) is 12.1. The van der Waals surface area contributed by atoms with Crippen LogP contribution in [0.25, 0.3) is 16.7 Å². The van der Waals surface area contributed by atoms with Gasteiger partial charge in [0.25, 0.3) is 0 Å². The van der Waals surface area contributed by atoms with E-state index in [0.29, 0.717) is 21.8 Å². The summed E-state index contributed by atoms with van der Waals surface area (Å²) in [5.41, 5.74) is 1.87. The molecule has 4 rings (SSSR count). The van der Waals surface area contributed by atoms with Gasteiger partial charge in [0.1, 0.15) is 11.9 Å². The molecule has 0 saturated carbocycles. The van der Waals surface area contributed by atoms with Crippen LogP contribution < -0.4 is 5.32 Å². The number of benzene rings is 2. The molecule has 0 fully saturated rings. The molecule has 1 N–H and O–H groups in total. The third kappa shape index (κ3) is 3.54. The summed E-state index contributed by atoms with van der Waals surface area (Å²) >= 11 is 1.26. The van der Waals surface area contributed by atoms with Crippen molar-refractivity contribution in [2.24, 2.45) is 0 Å². The standard InChI is InChI=1S/C20H16N4O3S/c1-13(25)19-18(15-9-5-6-10-16(15)27-19)22-17(26)11-28-20-23-21-12-24(20)14-7-3-2-4-8-14/h2-10,12H,11H2,1H3,(H,22,26). The third-order valence-electron chi connectivity index (χ3n) is 4.06. The Kier molecular flexibility index (Phi) is 4.94. The molecule has 8 heteroatoms. The Morgan fingerprint density at radius 2 is 1.86 bits per heavy atom. The second kappa shape index (κ2) is 7.69. The summed E-state index contributed by atoms with van der Waals surface area (Å²) in [5.74, 6) is -0.251. The zero-order chi connectivity index (χ0) is 19.5. The van der Waals surface area contributed by atoms with Crippen molar-refractivity contribution in [3.8, 4) is 5.69 Å². The van der Waals surface area contributed by atoms with E-state index in [4.69, 9.17) is 4.42 Å². The first-order valence-electron chi connectivity index (χ1n) is 8.54. The minimum Gasteiger partial charge on any atom is -0.451 e. The number of amides is 1. The lowest BCUT2D eigenvalue weighted by Gasteiger charge is -2.07. The van der Waals surface area contributed by atoms with E-state index >= 15 is 0 Å². The van der Waals surface area contributed by atoms with Crippen LogP contribution >= 0.6 is 11.8 Å². The normalized spacial score (nSPS) is 10.9. The van der Waals surface area contributed by atoms with Crippen LogP contribution in [-0.2, 0) is 4.79 Å².